The van der Waals surface area contributed by atoms with E-state index in [0.717, 1.165) is 0 Å². The van der Waals surface area contributed by atoms with Crippen molar-refractivity contribution in [1.82, 2.24) is 0 Å². The highest BCUT2D eigenvalue weighted by molar-refractivity contribution is 5.73. The topological polar surface area (TPSA) is 91.9 Å². The average Bonchev–Trinajstić information content (AvgIpc) is 2.21. The number of nitrogens with two attached hydrogens (primary N) is 1. The monoisotopic (exact) mass is 192 g/mol. The van der Waals surface area contributed by atoms with Gasteiger partial charge in [0.05, 0.1) is 0 Å². The van der Waals surface area contributed by atoms with E-state index < -0.39 is 0 Å². The molecule has 5 nitrogen and oxygen atoms in total. The molecule has 0 atom stereocenters. The first-order chi connectivity index (χ1) is 6.70. The highest BCUT2D eigenvalue weighted by atomic mass is 16.1. The smallest absolute Gasteiger partial charge is 0.217 e. The van der Waals surface area contributed by atoms with Gasteiger partial charge in [0.25, 0.3) is 0 Å². The zero-order chi connectivity index (χ0) is 10.8. The summed E-state index contributed by atoms with van der Waals surface area (Å²) >= 11 is 0. The molecule has 1 aromatic rings. The Labute approximate surface area is 82.2 Å². The van der Waals surface area contributed by atoms with Crippen LogP contribution in [-0.4, -0.2) is 5.91 Å². The largest absolute Gasteiger partial charge is 0.370 e. The molecule has 0 fully saturated rings. The summed E-state index contributed by atoms with van der Waals surface area (Å²) in [6.07, 6.45) is 0.444. The number of carbonyl (C=O) groups is 1. The molecule has 14 heavy (non-hydrogen) atoms. The number of hydrogen-bond donors (Lipinski definition) is 1. The van der Waals surface area contributed by atoms with Crippen LogP contribution in [0.5, 0.6) is 0 Å². The van der Waals surface area contributed by atoms with Crippen molar-refractivity contribution in [2.24, 2.45) is 10.8 Å². The average molecular weight is 192 g/mol. The van der Waals surface area contributed by atoms with E-state index in [1.54, 1.807) is 19.1 Å². The van der Waals surface area contributed by atoms with Gasteiger partial charge in [0, 0.05) is 17.0 Å². The molecule has 0 aliphatic carbocycles. The van der Waals surface area contributed by atoms with Gasteiger partial charge in [-0.15, -0.1) is 0 Å². The van der Waals surface area contributed by atoms with Crippen LogP contribution in [0.1, 0.15) is 13.3 Å². The second-order valence-corrected chi connectivity index (χ2v) is 2.34. The Balaban J connectivity index is 0.000000292. The Morgan fingerprint density at radius 3 is 2.36 bits per heavy atom. The van der Waals surface area contributed by atoms with Crippen LogP contribution in [0, 0.1) is 0 Å². The summed E-state index contributed by atoms with van der Waals surface area (Å²) in [5.41, 5.74) is 13.3. The normalized spacial score (nSPS) is 7.79. The minimum Gasteiger partial charge on any atom is -0.370 e. The minimum atomic E-state index is -0.245. The molecule has 1 aromatic carbocycles. The second-order valence-electron chi connectivity index (χ2n) is 2.34. The summed E-state index contributed by atoms with van der Waals surface area (Å²) < 4.78 is 0. The highest BCUT2D eigenvalue weighted by Crippen LogP contribution is 2.08. The Kier molecular flexibility index (Phi) is 6.55. The van der Waals surface area contributed by atoms with Gasteiger partial charge < -0.3 is 5.73 Å². The molecule has 0 radical (unpaired) electrons. The van der Waals surface area contributed by atoms with Crippen LogP contribution in [0.3, 0.4) is 0 Å². The Hall–Kier alpha value is -2.00. The number of azide groups is 1. The van der Waals surface area contributed by atoms with Gasteiger partial charge in [-0.1, -0.05) is 42.4 Å². The van der Waals surface area contributed by atoms with Crippen LogP contribution >= 0.6 is 0 Å². The Bertz CT molecular complexity index is 317. The lowest BCUT2D eigenvalue weighted by Crippen LogP contribution is -2.06. The summed E-state index contributed by atoms with van der Waals surface area (Å²) in [4.78, 5) is 12.2. The molecule has 0 aliphatic heterocycles. The first-order valence-electron chi connectivity index (χ1n) is 4.09. The van der Waals surface area contributed by atoms with E-state index in [2.05, 4.69) is 15.8 Å². The number of nitrogens with zero attached hydrogens (tertiary/aromatic N) is 3. The van der Waals surface area contributed by atoms with Crippen molar-refractivity contribution in [2.45, 2.75) is 13.3 Å². The lowest BCUT2D eigenvalue weighted by Gasteiger charge is -1.83. The van der Waals surface area contributed by atoms with Crippen molar-refractivity contribution < 1.29 is 4.79 Å². The molecule has 1 amide bonds. The number of hydrogen-bond acceptors (Lipinski definition) is 2. The minimum absolute atomic E-state index is 0.245. The van der Waals surface area contributed by atoms with E-state index in [1.807, 2.05) is 18.2 Å². The summed E-state index contributed by atoms with van der Waals surface area (Å²) in [7, 11) is 0. The van der Waals surface area contributed by atoms with Gasteiger partial charge in [0.15, 0.2) is 0 Å². The summed E-state index contributed by atoms with van der Waals surface area (Å²) in [5.74, 6) is -0.245. The zero-order valence-electron chi connectivity index (χ0n) is 7.92. The third kappa shape index (κ3) is 6.69. The fourth-order valence-corrected chi connectivity index (χ4v) is 0.546. The van der Waals surface area contributed by atoms with Crippen molar-refractivity contribution >= 4 is 11.6 Å². The van der Waals surface area contributed by atoms with Gasteiger partial charge in [0.1, 0.15) is 0 Å². The molecular weight excluding hydrogens is 180 g/mol. The molecular formula is C9H12N4O. The van der Waals surface area contributed by atoms with Crippen molar-refractivity contribution in [3.63, 3.8) is 0 Å². The molecule has 2 N–H and O–H groups in total. The van der Waals surface area contributed by atoms with Crippen LogP contribution in [0.15, 0.2) is 35.4 Å². The van der Waals surface area contributed by atoms with Crippen LogP contribution in [0.2, 0.25) is 0 Å². The maximum Gasteiger partial charge on any atom is 0.217 e. The third-order valence-corrected chi connectivity index (χ3v) is 1.26. The molecule has 1 rings (SSSR count). The van der Waals surface area contributed by atoms with Crippen LogP contribution < -0.4 is 5.73 Å². The van der Waals surface area contributed by atoms with Crippen LogP contribution in [0.4, 0.5) is 5.69 Å². The fourth-order valence-electron chi connectivity index (χ4n) is 0.546. The third-order valence-electron chi connectivity index (χ3n) is 1.26. The molecule has 0 saturated heterocycles. The molecule has 0 heterocycles. The predicted molar refractivity (Wildman–Crippen MR) is 54.7 cm³/mol. The van der Waals surface area contributed by atoms with E-state index in [-0.39, 0.29) is 5.91 Å². The number of benzene rings is 1. The van der Waals surface area contributed by atoms with Crippen LogP contribution in [-0.2, 0) is 4.79 Å². The molecule has 0 aliphatic rings. The highest BCUT2D eigenvalue weighted by Gasteiger charge is 1.79. The van der Waals surface area contributed by atoms with Gasteiger partial charge in [-0.3, -0.25) is 4.79 Å². The maximum atomic E-state index is 9.59. The van der Waals surface area contributed by atoms with E-state index in [1.165, 1.54) is 0 Å². The van der Waals surface area contributed by atoms with Crippen LogP contribution in [0.25, 0.3) is 10.4 Å². The van der Waals surface area contributed by atoms with Gasteiger partial charge in [-0.05, 0) is 5.53 Å². The number of amides is 1. The standard InChI is InChI=1S/C6H5N3.C3H7NO/c7-9-8-6-4-2-1-3-5-6;1-2-3(4)5/h1-5H;2H2,1H3,(H2,4,5). The summed E-state index contributed by atoms with van der Waals surface area (Å²) in [6, 6.07) is 9.02. The van der Waals surface area contributed by atoms with E-state index in [0.29, 0.717) is 12.1 Å². The van der Waals surface area contributed by atoms with Gasteiger partial charge >= 0.3 is 0 Å². The molecule has 0 bridgehead atoms. The molecule has 0 unspecified atom stereocenters. The molecule has 0 saturated carbocycles. The molecule has 0 aromatic heterocycles. The molecule has 0 spiro atoms. The molecule has 74 valence electrons. The second kappa shape index (κ2) is 7.64. The zero-order valence-corrected chi connectivity index (χ0v) is 7.92. The fraction of sp³-hybridized carbons (Fsp3) is 0.222. The number of rotatable bonds is 2. The maximum absolute atomic E-state index is 9.59. The SMILES string of the molecule is CCC(N)=O.[N-]=[N+]=Nc1ccccc1. The summed E-state index contributed by atoms with van der Waals surface area (Å²) in [6.45, 7) is 1.72. The van der Waals surface area contributed by atoms with Crippen molar-refractivity contribution in [2.75, 3.05) is 0 Å². The van der Waals surface area contributed by atoms with Crippen molar-refractivity contribution in [3.8, 4) is 0 Å². The van der Waals surface area contributed by atoms with Gasteiger partial charge in [-0.2, -0.15) is 0 Å². The van der Waals surface area contributed by atoms with E-state index in [9.17, 15) is 4.79 Å². The number of primary amides is 1. The van der Waals surface area contributed by atoms with Gasteiger partial charge in [-0.25, -0.2) is 0 Å². The lowest BCUT2D eigenvalue weighted by molar-refractivity contribution is -0.117. The molecule has 5 heteroatoms. The Morgan fingerprint density at radius 2 is 2.00 bits per heavy atom. The predicted octanol–water partition coefficient (Wildman–Crippen LogP) is 2.51. The van der Waals surface area contributed by atoms with E-state index >= 15 is 0 Å². The first-order valence-corrected chi connectivity index (χ1v) is 4.09. The Morgan fingerprint density at radius 1 is 1.50 bits per heavy atom. The lowest BCUT2D eigenvalue weighted by atomic mass is 10.3. The quantitative estimate of drug-likeness (QED) is 0.435. The van der Waals surface area contributed by atoms with Gasteiger partial charge in [0.2, 0.25) is 5.91 Å². The van der Waals surface area contributed by atoms with Crippen molar-refractivity contribution in [3.05, 3.63) is 40.8 Å². The van der Waals surface area contributed by atoms with Crippen molar-refractivity contribution in [1.29, 1.82) is 0 Å². The number of carbonyl (C=O) groups excluding carboxylic acids is 1. The first kappa shape index (κ1) is 12.0. The summed E-state index contributed by atoms with van der Waals surface area (Å²) in [5, 5.41) is 3.39. The van der Waals surface area contributed by atoms with E-state index in [4.69, 9.17) is 5.53 Å².